The largest absolute Gasteiger partial charge is 0.0718 e. The smallest absolute Gasteiger partial charge is 0.0374 e. The van der Waals surface area contributed by atoms with Gasteiger partial charge in [0.05, 0.1) is 0 Å². The first-order valence-corrected chi connectivity index (χ1v) is 43.6. The molecule has 0 amide bonds. The zero-order chi connectivity index (χ0) is 24.1. The molecule has 0 spiro atoms. The molecule has 0 N–H and O–H groups in total. The molecule has 0 bridgehead atoms. The van der Waals surface area contributed by atoms with Gasteiger partial charge in [0.15, 0.2) is 0 Å². The fourth-order valence-electron chi connectivity index (χ4n) is 9.62. The maximum atomic E-state index is 2.79. The highest BCUT2D eigenvalue weighted by Crippen LogP contribution is 2.45. The Morgan fingerprint density at radius 2 is 0.414 bits per heavy atom. The molecule has 0 aromatic heterocycles. The lowest BCUT2D eigenvalue weighted by Gasteiger charge is -2.60. The Labute approximate surface area is 194 Å². The summed E-state index contributed by atoms with van der Waals surface area (Å²) in [7, 11) is -6.78. The van der Waals surface area contributed by atoms with Crippen LogP contribution in [0.1, 0.15) is 6.42 Å². The molecule has 0 nitrogen and oxygen atoms in total. The van der Waals surface area contributed by atoms with Gasteiger partial charge in [-0.25, -0.2) is 0 Å². The van der Waals surface area contributed by atoms with Gasteiger partial charge in [-0.15, -0.1) is 0 Å². The van der Waals surface area contributed by atoms with Crippen LogP contribution in [0, 0.1) is 0 Å². The van der Waals surface area contributed by atoms with E-state index in [9.17, 15) is 0 Å². The predicted octanol–water partition coefficient (Wildman–Crippen LogP) is 8.77. The van der Waals surface area contributed by atoms with E-state index in [1.54, 1.807) is 18.5 Å². The highest BCUT2D eigenvalue weighted by molar-refractivity contribution is 7.90. The minimum atomic E-state index is -1.19. The molecular weight excluding hydrogens is 477 g/mol. The standard InChI is InChI=1S/C21H60Si8/c1-22(2,3)28(23(4,5)6,24(7,8)9)20-19-21-29(25(10,11)12,26(13,14)15)27(16,17)18/h19-21H2,1-18H3. The molecule has 0 aliphatic heterocycles. The van der Waals surface area contributed by atoms with Crippen molar-refractivity contribution < 1.29 is 0 Å². The van der Waals surface area contributed by atoms with E-state index in [0.717, 1.165) is 0 Å². The van der Waals surface area contributed by atoms with Crippen molar-refractivity contribution in [1.29, 1.82) is 0 Å². The number of hydrogen-bond donors (Lipinski definition) is 0. The molecule has 0 aliphatic rings. The van der Waals surface area contributed by atoms with Crippen LogP contribution in [0.4, 0.5) is 0 Å². The lowest BCUT2D eigenvalue weighted by atomic mass is 10.6. The van der Waals surface area contributed by atoms with Gasteiger partial charge >= 0.3 is 0 Å². The van der Waals surface area contributed by atoms with Crippen molar-refractivity contribution in [3.05, 3.63) is 0 Å². The third kappa shape index (κ3) is 5.63. The highest BCUT2D eigenvalue weighted by atomic mass is 29.9. The Balaban J connectivity index is 6.44. The summed E-state index contributed by atoms with van der Waals surface area (Å²) in [6.07, 6.45) is 1.62. The molecule has 0 aliphatic carbocycles. The lowest BCUT2D eigenvalue weighted by molar-refractivity contribution is 1.05. The van der Waals surface area contributed by atoms with Gasteiger partial charge in [0.2, 0.25) is 0 Å². The topological polar surface area (TPSA) is 0 Å². The monoisotopic (exact) mass is 536 g/mol. The third-order valence-electron chi connectivity index (χ3n) is 8.79. The van der Waals surface area contributed by atoms with Gasteiger partial charge < -0.3 is 0 Å². The number of hydrogen-bond acceptors (Lipinski definition) is 0. The van der Waals surface area contributed by atoms with Crippen LogP contribution in [-0.2, 0) is 0 Å². The molecule has 0 unspecified atom stereocenters. The average Bonchev–Trinajstić information content (AvgIpc) is 2.27. The van der Waals surface area contributed by atoms with E-state index < -0.39 is 58.8 Å². The van der Waals surface area contributed by atoms with E-state index >= 15 is 0 Å². The van der Waals surface area contributed by atoms with Gasteiger partial charge in [-0.05, 0) is 0 Å². The quantitative estimate of drug-likeness (QED) is 0.245. The summed E-state index contributed by atoms with van der Waals surface area (Å²) in [5, 5.41) is 0. The summed E-state index contributed by atoms with van der Waals surface area (Å²) in [6.45, 7) is 47.8. The van der Waals surface area contributed by atoms with Crippen molar-refractivity contribution in [2.75, 3.05) is 0 Å². The first kappa shape index (κ1) is 30.7. The van der Waals surface area contributed by atoms with E-state index in [4.69, 9.17) is 0 Å². The second-order valence-electron chi connectivity index (χ2n) is 16.2. The van der Waals surface area contributed by atoms with Crippen molar-refractivity contribution in [3.8, 4) is 0 Å². The number of rotatable bonds is 10. The van der Waals surface area contributed by atoms with E-state index in [0.29, 0.717) is 0 Å². The third-order valence-corrected chi connectivity index (χ3v) is 158. The Hall–Kier alpha value is 1.74. The molecule has 0 atom stereocenters. The van der Waals surface area contributed by atoms with Crippen molar-refractivity contribution >= 4 is 58.8 Å². The molecule has 0 fully saturated rings. The Morgan fingerprint density at radius 1 is 0.276 bits per heavy atom. The maximum absolute atomic E-state index is 2.79. The molecule has 0 aromatic carbocycles. The van der Waals surface area contributed by atoms with Gasteiger partial charge in [0.1, 0.15) is 0 Å². The molecule has 0 rings (SSSR count). The second kappa shape index (κ2) is 8.83. The van der Waals surface area contributed by atoms with Gasteiger partial charge in [0, 0.05) is 58.8 Å². The minimum absolute atomic E-state index is 1.13. The SMILES string of the molecule is C[Si](C)(C)[Si](CCC[Si]([Si](C)(C)C)([Si](C)(C)C)[Si](C)(C)C)([Si](C)(C)C)[Si](C)(C)C. The van der Waals surface area contributed by atoms with Crippen LogP contribution < -0.4 is 0 Å². The highest BCUT2D eigenvalue weighted by Gasteiger charge is 2.63. The van der Waals surface area contributed by atoms with Gasteiger partial charge in [0.25, 0.3) is 0 Å². The summed E-state index contributed by atoms with van der Waals surface area (Å²) in [5.41, 5.74) is 0. The molecule has 0 radical (unpaired) electrons. The van der Waals surface area contributed by atoms with Crippen molar-refractivity contribution in [2.24, 2.45) is 0 Å². The van der Waals surface area contributed by atoms with E-state index in [-0.39, 0.29) is 0 Å². The zero-order valence-electron chi connectivity index (χ0n) is 24.1. The summed E-state index contributed by atoms with van der Waals surface area (Å²) < 4.78 is 0. The normalized spacial score (nSPS) is 16.3. The van der Waals surface area contributed by atoms with Crippen LogP contribution in [0.3, 0.4) is 0 Å². The predicted molar refractivity (Wildman–Crippen MR) is 166 cm³/mol. The summed E-state index contributed by atoms with van der Waals surface area (Å²) in [4.78, 5) is 0. The van der Waals surface area contributed by atoms with Gasteiger partial charge in [-0.1, -0.05) is 136 Å². The Kier molecular flexibility index (Phi) is 9.36. The molecule has 8 heteroatoms. The van der Waals surface area contributed by atoms with Gasteiger partial charge in [-0.3, -0.25) is 0 Å². The Bertz CT molecular complexity index is 420. The first-order valence-electron chi connectivity index (χ1n) is 12.2. The van der Waals surface area contributed by atoms with Crippen molar-refractivity contribution in [3.63, 3.8) is 0 Å². The lowest BCUT2D eigenvalue weighted by Crippen LogP contribution is -2.84. The summed E-state index contributed by atoms with van der Waals surface area (Å²) >= 11 is 0. The van der Waals surface area contributed by atoms with Crippen LogP contribution in [0.2, 0.25) is 130 Å². The fourth-order valence-corrected chi connectivity index (χ4v) is 208. The van der Waals surface area contributed by atoms with Crippen LogP contribution >= 0.6 is 0 Å². The molecule has 0 aromatic rings. The molecule has 0 heterocycles. The maximum Gasteiger partial charge on any atom is 0.0374 e. The summed E-state index contributed by atoms with van der Waals surface area (Å²) in [5.74, 6) is 0. The molecular formula is C21H60Si8. The van der Waals surface area contributed by atoms with Crippen LogP contribution in [0.25, 0.3) is 0 Å². The minimum Gasteiger partial charge on any atom is -0.0718 e. The van der Waals surface area contributed by atoms with Crippen LogP contribution in [-0.4, -0.2) is 58.8 Å². The van der Waals surface area contributed by atoms with E-state index in [1.807, 2.05) is 0 Å². The van der Waals surface area contributed by atoms with E-state index in [2.05, 4.69) is 118 Å². The van der Waals surface area contributed by atoms with Crippen LogP contribution in [0.15, 0.2) is 0 Å². The fraction of sp³-hybridized carbons (Fsp3) is 1.00. The van der Waals surface area contributed by atoms with Crippen LogP contribution in [0.5, 0.6) is 0 Å². The molecule has 176 valence electrons. The first-order chi connectivity index (χ1) is 12.2. The van der Waals surface area contributed by atoms with Gasteiger partial charge in [-0.2, -0.15) is 0 Å². The summed E-state index contributed by atoms with van der Waals surface area (Å²) in [6, 6.07) is 3.42. The van der Waals surface area contributed by atoms with Crippen molar-refractivity contribution in [2.45, 2.75) is 136 Å². The van der Waals surface area contributed by atoms with E-state index in [1.165, 1.54) is 0 Å². The average molecular weight is 537 g/mol. The molecule has 0 saturated heterocycles. The molecule has 29 heavy (non-hydrogen) atoms. The molecule has 0 saturated carbocycles. The zero-order valence-corrected chi connectivity index (χ0v) is 32.1. The van der Waals surface area contributed by atoms with Crippen molar-refractivity contribution in [1.82, 2.24) is 0 Å². The Morgan fingerprint density at radius 3 is 0.517 bits per heavy atom. The second-order valence-corrected chi connectivity index (χ2v) is 99.1.